The van der Waals surface area contributed by atoms with Gasteiger partial charge in [0.05, 0.1) is 18.3 Å². The van der Waals surface area contributed by atoms with Gasteiger partial charge in [-0.15, -0.1) is 5.10 Å². The molecule has 2 N–H and O–H groups in total. The lowest BCUT2D eigenvalue weighted by molar-refractivity contribution is 0.194. The molecule has 0 amide bonds. The summed E-state index contributed by atoms with van der Waals surface area (Å²) in [5.41, 5.74) is 1.08. The Morgan fingerprint density at radius 3 is 2.85 bits per heavy atom. The summed E-state index contributed by atoms with van der Waals surface area (Å²) in [5.74, 6) is 0.808. The van der Waals surface area contributed by atoms with Gasteiger partial charge in [0, 0.05) is 42.1 Å². The third-order valence-corrected chi connectivity index (χ3v) is 6.15. The number of piperidine rings is 1. The van der Waals surface area contributed by atoms with Crippen LogP contribution in [-0.2, 0) is 6.54 Å². The summed E-state index contributed by atoms with van der Waals surface area (Å²) in [7, 11) is 1.51. The summed E-state index contributed by atoms with van der Waals surface area (Å²) in [6, 6.07) is 13.5. The van der Waals surface area contributed by atoms with Crippen molar-refractivity contribution >= 4 is 10.9 Å². The lowest BCUT2D eigenvalue weighted by Crippen LogP contribution is -2.34. The van der Waals surface area contributed by atoms with Crippen LogP contribution in [0, 0.1) is 5.82 Å². The van der Waals surface area contributed by atoms with Crippen LogP contribution < -0.4 is 16.0 Å². The van der Waals surface area contributed by atoms with Crippen LogP contribution in [0.15, 0.2) is 58.1 Å². The molecule has 3 heterocycles. The van der Waals surface area contributed by atoms with E-state index in [9.17, 15) is 14.0 Å². The molecule has 1 saturated heterocycles. The molecule has 2 aromatic carbocycles. The molecule has 0 aliphatic carbocycles. The standard InChI is InChI=1S/C24H24FN5O3/c1-33-18-9-7-16(19(25)12-18)13-29-11-3-5-17(14-29)23-27-24(32)30(28-23)20-6-2-4-15-8-10-21(31)26-22(15)20/h2,4,6-10,12,17H,3,5,11,13-14H2,1H3,(H,26,31)(H,27,28,32). The molecule has 0 bridgehead atoms. The molecule has 1 fully saturated rings. The van der Waals surface area contributed by atoms with Crippen molar-refractivity contribution in [3.05, 3.63) is 86.6 Å². The van der Waals surface area contributed by atoms with Gasteiger partial charge in [-0.1, -0.05) is 18.2 Å². The first kappa shape index (κ1) is 21.1. The van der Waals surface area contributed by atoms with Gasteiger partial charge >= 0.3 is 5.69 Å². The summed E-state index contributed by atoms with van der Waals surface area (Å²) in [6.45, 7) is 1.98. The highest BCUT2D eigenvalue weighted by Crippen LogP contribution is 2.27. The van der Waals surface area contributed by atoms with Gasteiger partial charge in [0.15, 0.2) is 0 Å². The number of rotatable bonds is 5. The van der Waals surface area contributed by atoms with Crippen LogP contribution in [0.4, 0.5) is 4.39 Å². The Morgan fingerprint density at radius 1 is 1.15 bits per heavy atom. The van der Waals surface area contributed by atoms with Crippen LogP contribution >= 0.6 is 0 Å². The van der Waals surface area contributed by atoms with E-state index in [0.29, 0.717) is 41.4 Å². The highest BCUT2D eigenvalue weighted by Gasteiger charge is 2.26. The predicted molar refractivity (Wildman–Crippen MR) is 123 cm³/mol. The average Bonchev–Trinajstić information content (AvgIpc) is 3.21. The largest absolute Gasteiger partial charge is 0.497 e. The molecule has 33 heavy (non-hydrogen) atoms. The molecule has 4 aromatic rings. The number of para-hydroxylation sites is 1. The van der Waals surface area contributed by atoms with E-state index in [1.807, 2.05) is 12.1 Å². The van der Waals surface area contributed by atoms with Crippen molar-refractivity contribution in [2.24, 2.45) is 0 Å². The number of nitrogens with one attached hydrogen (secondary N) is 2. The monoisotopic (exact) mass is 449 g/mol. The third-order valence-electron chi connectivity index (χ3n) is 6.15. The molecule has 5 rings (SSSR count). The SMILES string of the molecule is COc1ccc(CN2CCCC(c3nn(-c4cccc5ccc(=O)[nH]c45)c(=O)[nH]3)C2)c(F)c1. The minimum absolute atomic E-state index is 0.0167. The smallest absolute Gasteiger partial charge is 0.348 e. The number of nitrogens with zero attached hydrogens (tertiary/aromatic N) is 3. The maximum Gasteiger partial charge on any atom is 0.348 e. The molecule has 1 aliphatic heterocycles. The van der Waals surface area contributed by atoms with Crippen LogP contribution in [-0.4, -0.2) is 44.8 Å². The summed E-state index contributed by atoms with van der Waals surface area (Å²) >= 11 is 0. The van der Waals surface area contributed by atoms with E-state index in [-0.39, 0.29) is 23.0 Å². The van der Waals surface area contributed by atoms with Crippen molar-refractivity contribution in [2.75, 3.05) is 20.2 Å². The number of H-pyrrole nitrogens is 2. The molecule has 1 atom stereocenters. The number of aromatic amines is 2. The molecule has 0 saturated carbocycles. The van der Waals surface area contributed by atoms with E-state index in [1.54, 1.807) is 24.3 Å². The van der Waals surface area contributed by atoms with Crippen LogP contribution in [0.1, 0.15) is 30.1 Å². The summed E-state index contributed by atoms with van der Waals surface area (Å²) < 4.78 is 20.8. The molecular weight excluding hydrogens is 425 g/mol. The van der Waals surface area contributed by atoms with E-state index >= 15 is 0 Å². The van der Waals surface area contributed by atoms with Crippen LogP contribution in [0.5, 0.6) is 5.75 Å². The molecule has 0 spiro atoms. The zero-order valence-corrected chi connectivity index (χ0v) is 18.2. The van der Waals surface area contributed by atoms with Crippen LogP contribution in [0.2, 0.25) is 0 Å². The fraction of sp³-hybridized carbons (Fsp3) is 0.292. The number of halogens is 1. The van der Waals surface area contributed by atoms with E-state index in [1.165, 1.54) is 23.9 Å². The highest BCUT2D eigenvalue weighted by atomic mass is 19.1. The van der Waals surface area contributed by atoms with Gasteiger partial charge in [-0.2, -0.15) is 4.68 Å². The number of ether oxygens (including phenoxy) is 1. The summed E-state index contributed by atoms with van der Waals surface area (Å²) in [6.07, 6.45) is 1.79. The first-order valence-electron chi connectivity index (χ1n) is 10.9. The van der Waals surface area contributed by atoms with Gasteiger partial charge in [-0.25, -0.2) is 9.18 Å². The molecule has 1 aliphatic rings. The number of aromatic nitrogens is 4. The summed E-state index contributed by atoms with van der Waals surface area (Å²) in [4.78, 5) is 32.5. The van der Waals surface area contributed by atoms with Crippen molar-refractivity contribution in [2.45, 2.75) is 25.3 Å². The maximum absolute atomic E-state index is 14.4. The molecule has 0 radical (unpaired) electrons. The fourth-order valence-corrected chi connectivity index (χ4v) is 4.47. The maximum atomic E-state index is 14.4. The first-order chi connectivity index (χ1) is 16.0. The van der Waals surface area contributed by atoms with Crippen LogP contribution in [0.3, 0.4) is 0 Å². The second-order valence-corrected chi connectivity index (χ2v) is 8.32. The van der Waals surface area contributed by atoms with Crippen molar-refractivity contribution in [1.29, 1.82) is 0 Å². The zero-order chi connectivity index (χ0) is 22.9. The number of hydrogen-bond acceptors (Lipinski definition) is 5. The average molecular weight is 449 g/mol. The fourth-order valence-electron chi connectivity index (χ4n) is 4.47. The van der Waals surface area contributed by atoms with Gasteiger partial charge < -0.3 is 9.72 Å². The third kappa shape index (κ3) is 4.19. The number of pyridine rings is 1. The zero-order valence-electron chi connectivity index (χ0n) is 18.2. The van der Waals surface area contributed by atoms with Gasteiger partial charge in [0.2, 0.25) is 5.56 Å². The number of benzene rings is 2. The van der Waals surface area contributed by atoms with E-state index in [4.69, 9.17) is 4.74 Å². The molecule has 9 heteroatoms. The van der Waals surface area contributed by atoms with Crippen molar-refractivity contribution < 1.29 is 9.13 Å². The number of hydrogen-bond donors (Lipinski definition) is 2. The van der Waals surface area contributed by atoms with Gasteiger partial charge in [-0.05, 0) is 37.6 Å². The molecular formula is C24H24FN5O3. The highest BCUT2D eigenvalue weighted by molar-refractivity contribution is 5.85. The quantitative estimate of drug-likeness (QED) is 0.489. The van der Waals surface area contributed by atoms with Gasteiger partial charge in [0.25, 0.3) is 0 Å². The Morgan fingerprint density at radius 2 is 2.03 bits per heavy atom. The van der Waals surface area contributed by atoms with E-state index in [0.717, 1.165) is 24.8 Å². The Bertz CT molecular complexity index is 1420. The minimum atomic E-state index is -0.361. The van der Waals surface area contributed by atoms with Crippen molar-refractivity contribution in [3.63, 3.8) is 0 Å². The van der Waals surface area contributed by atoms with Crippen LogP contribution in [0.25, 0.3) is 16.6 Å². The van der Waals surface area contributed by atoms with E-state index < -0.39 is 0 Å². The molecule has 170 valence electrons. The number of likely N-dealkylation sites (tertiary alicyclic amines) is 1. The summed E-state index contributed by atoms with van der Waals surface area (Å²) in [5, 5.41) is 5.39. The minimum Gasteiger partial charge on any atom is -0.497 e. The Labute approximate surface area is 188 Å². The lowest BCUT2D eigenvalue weighted by atomic mass is 9.97. The number of fused-ring (bicyclic) bond motifs is 1. The molecule has 8 nitrogen and oxygen atoms in total. The Kier molecular flexibility index (Phi) is 5.55. The second-order valence-electron chi connectivity index (χ2n) is 8.32. The molecule has 2 aromatic heterocycles. The first-order valence-corrected chi connectivity index (χ1v) is 10.9. The van der Waals surface area contributed by atoms with Crippen molar-refractivity contribution in [1.82, 2.24) is 24.6 Å². The molecule has 1 unspecified atom stereocenters. The lowest BCUT2D eigenvalue weighted by Gasteiger charge is -2.31. The van der Waals surface area contributed by atoms with E-state index in [2.05, 4.69) is 20.0 Å². The topological polar surface area (TPSA) is 96.0 Å². The van der Waals surface area contributed by atoms with Gasteiger partial charge in [0.1, 0.15) is 17.4 Å². The van der Waals surface area contributed by atoms with Gasteiger partial charge in [-0.3, -0.25) is 14.7 Å². The Balaban J connectivity index is 1.40. The predicted octanol–water partition coefficient (Wildman–Crippen LogP) is 2.93. The normalized spacial score (nSPS) is 16.8. The van der Waals surface area contributed by atoms with Crippen molar-refractivity contribution in [3.8, 4) is 11.4 Å². The second kappa shape index (κ2) is 8.67. The Hall–Kier alpha value is -3.72. The number of methoxy groups -OCH3 is 1.